The van der Waals surface area contributed by atoms with E-state index in [1.807, 2.05) is 13.1 Å². The lowest BCUT2D eigenvalue weighted by molar-refractivity contribution is 0.0950. The Bertz CT molecular complexity index is 580. The summed E-state index contributed by atoms with van der Waals surface area (Å²) < 4.78 is 13.5. The molecule has 1 aromatic carbocycles. The highest BCUT2D eigenvalue weighted by atomic mass is 127. The maximum Gasteiger partial charge on any atom is 0.254 e. The normalized spacial score (nSPS) is 10.7. The number of carbonyl (C=O) groups is 1. The van der Waals surface area contributed by atoms with E-state index in [1.165, 1.54) is 12.1 Å². The van der Waals surface area contributed by atoms with Crippen molar-refractivity contribution >= 4 is 35.8 Å². The van der Waals surface area contributed by atoms with Crippen molar-refractivity contribution in [3.05, 3.63) is 48.3 Å². The number of benzene rings is 1. The molecule has 0 bridgehead atoms. The van der Waals surface area contributed by atoms with E-state index < -0.39 is 11.7 Å². The van der Waals surface area contributed by atoms with Crippen molar-refractivity contribution in [2.24, 2.45) is 4.99 Å². The fourth-order valence-electron chi connectivity index (χ4n) is 2.40. The standard InChI is InChI=1S/C19H29FN4O.HI/c1-4-5-6-7-10-15-24(3)19(21-2)23-14-13-22-18(25)16-11-8-9-12-17(16)20;/h4,8-9,11-12H,1,5-7,10,13-15H2,2-3H3,(H,21,23)(H,22,25);1H. The molecule has 2 N–H and O–H groups in total. The number of nitrogens with zero attached hydrogens (tertiary/aromatic N) is 2. The zero-order valence-electron chi connectivity index (χ0n) is 15.6. The Morgan fingerprint density at radius 1 is 1.23 bits per heavy atom. The molecule has 5 nitrogen and oxygen atoms in total. The van der Waals surface area contributed by atoms with Crippen molar-refractivity contribution < 1.29 is 9.18 Å². The number of carbonyl (C=O) groups excluding carboxylic acids is 1. The van der Waals surface area contributed by atoms with Crippen molar-refractivity contribution in [2.75, 3.05) is 33.7 Å². The predicted molar refractivity (Wildman–Crippen MR) is 117 cm³/mol. The lowest BCUT2D eigenvalue weighted by atomic mass is 10.2. The van der Waals surface area contributed by atoms with E-state index in [1.54, 1.807) is 19.2 Å². The van der Waals surface area contributed by atoms with Crippen molar-refractivity contribution in [1.82, 2.24) is 15.5 Å². The highest BCUT2D eigenvalue weighted by Crippen LogP contribution is 2.05. The van der Waals surface area contributed by atoms with Crippen LogP contribution in [0.2, 0.25) is 0 Å². The maximum atomic E-state index is 13.5. The molecule has 0 aromatic heterocycles. The number of rotatable bonds is 10. The molecule has 0 fully saturated rings. The minimum absolute atomic E-state index is 0. The number of nitrogens with one attached hydrogen (secondary N) is 2. The summed E-state index contributed by atoms with van der Waals surface area (Å²) in [6.07, 6.45) is 6.41. The van der Waals surface area contributed by atoms with Gasteiger partial charge in [-0.2, -0.15) is 0 Å². The van der Waals surface area contributed by atoms with Gasteiger partial charge in [-0.05, 0) is 31.4 Å². The van der Waals surface area contributed by atoms with Crippen LogP contribution in [0.4, 0.5) is 4.39 Å². The molecule has 0 aliphatic heterocycles. The number of hydrogen-bond acceptors (Lipinski definition) is 2. The quantitative estimate of drug-likeness (QED) is 0.179. The molecule has 0 aliphatic rings. The minimum atomic E-state index is -0.514. The number of amides is 1. The first-order valence-electron chi connectivity index (χ1n) is 8.65. The summed E-state index contributed by atoms with van der Waals surface area (Å²) in [5.74, 6) is -0.144. The highest BCUT2D eigenvalue weighted by Gasteiger charge is 2.10. The molecule has 0 unspecified atom stereocenters. The van der Waals surface area contributed by atoms with Crippen molar-refractivity contribution in [3.63, 3.8) is 0 Å². The Labute approximate surface area is 173 Å². The zero-order valence-corrected chi connectivity index (χ0v) is 18.0. The van der Waals surface area contributed by atoms with Crippen LogP contribution in [0, 0.1) is 5.82 Å². The van der Waals surface area contributed by atoms with Gasteiger partial charge in [0.25, 0.3) is 5.91 Å². The summed E-state index contributed by atoms with van der Waals surface area (Å²) in [5, 5.41) is 5.89. The molecule has 0 heterocycles. The van der Waals surface area contributed by atoms with Gasteiger partial charge in [0.2, 0.25) is 0 Å². The molecule has 0 radical (unpaired) electrons. The van der Waals surface area contributed by atoms with Gasteiger partial charge in [-0.3, -0.25) is 9.79 Å². The zero-order chi connectivity index (χ0) is 18.5. The second-order valence-corrected chi connectivity index (χ2v) is 5.77. The molecule has 146 valence electrons. The molecule has 0 saturated heterocycles. The summed E-state index contributed by atoms with van der Waals surface area (Å²) in [5.41, 5.74) is 0.0588. The van der Waals surface area contributed by atoms with Crippen LogP contribution in [0.1, 0.15) is 36.0 Å². The predicted octanol–water partition coefficient (Wildman–Crippen LogP) is 3.43. The van der Waals surface area contributed by atoms with Gasteiger partial charge >= 0.3 is 0 Å². The van der Waals surface area contributed by atoms with Crippen LogP contribution in [0.15, 0.2) is 41.9 Å². The summed E-state index contributed by atoms with van der Waals surface area (Å²) in [6, 6.07) is 5.95. The van der Waals surface area contributed by atoms with Crippen molar-refractivity contribution in [1.29, 1.82) is 0 Å². The molecule has 0 aliphatic carbocycles. The molecule has 7 heteroatoms. The van der Waals surface area contributed by atoms with E-state index in [-0.39, 0.29) is 29.5 Å². The van der Waals surface area contributed by atoms with Crippen LogP contribution < -0.4 is 10.6 Å². The smallest absolute Gasteiger partial charge is 0.254 e. The molecule has 1 amide bonds. The van der Waals surface area contributed by atoms with Gasteiger partial charge in [0.1, 0.15) is 5.82 Å². The Morgan fingerprint density at radius 2 is 1.92 bits per heavy atom. The first-order chi connectivity index (χ1) is 12.1. The van der Waals surface area contributed by atoms with Crippen LogP contribution in [0.3, 0.4) is 0 Å². The Balaban J connectivity index is 0.00000625. The van der Waals surface area contributed by atoms with Gasteiger partial charge in [-0.1, -0.05) is 24.6 Å². The largest absolute Gasteiger partial charge is 0.354 e. The van der Waals surface area contributed by atoms with Crippen LogP contribution in [-0.2, 0) is 0 Å². The number of allylic oxidation sites excluding steroid dienone is 1. The van der Waals surface area contributed by atoms with Crippen molar-refractivity contribution in [3.8, 4) is 0 Å². The lowest BCUT2D eigenvalue weighted by Crippen LogP contribution is -2.42. The fourth-order valence-corrected chi connectivity index (χ4v) is 2.40. The highest BCUT2D eigenvalue weighted by molar-refractivity contribution is 14.0. The average Bonchev–Trinajstić information content (AvgIpc) is 2.61. The van der Waals surface area contributed by atoms with E-state index >= 15 is 0 Å². The van der Waals surface area contributed by atoms with Crippen LogP contribution >= 0.6 is 24.0 Å². The monoisotopic (exact) mass is 476 g/mol. The molecule has 0 spiro atoms. The van der Waals surface area contributed by atoms with E-state index in [0.717, 1.165) is 38.2 Å². The average molecular weight is 476 g/mol. The fraction of sp³-hybridized carbons (Fsp3) is 0.474. The molecular weight excluding hydrogens is 446 g/mol. The molecule has 1 rings (SSSR count). The van der Waals surface area contributed by atoms with Crippen LogP contribution in [0.25, 0.3) is 0 Å². The van der Waals surface area contributed by atoms with E-state index in [0.29, 0.717) is 13.1 Å². The number of aliphatic imine (C=N–C) groups is 1. The summed E-state index contributed by atoms with van der Waals surface area (Å²) in [7, 11) is 3.72. The molecule has 26 heavy (non-hydrogen) atoms. The first-order valence-corrected chi connectivity index (χ1v) is 8.65. The number of unbranched alkanes of at least 4 members (excludes halogenated alkanes) is 3. The summed E-state index contributed by atoms with van der Waals surface area (Å²) in [4.78, 5) is 18.2. The molecule has 1 aromatic rings. The summed E-state index contributed by atoms with van der Waals surface area (Å²) >= 11 is 0. The van der Waals surface area contributed by atoms with Crippen LogP contribution in [-0.4, -0.2) is 50.5 Å². The van der Waals surface area contributed by atoms with Gasteiger partial charge < -0.3 is 15.5 Å². The lowest BCUT2D eigenvalue weighted by Gasteiger charge is -2.22. The third-order valence-electron chi connectivity index (χ3n) is 3.79. The molecule has 0 atom stereocenters. The SMILES string of the molecule is C=CCCCCCN(C)C(=NC)NCCNC(=O)c1ccccc1F.I. The second kappa shape index (κ2) is 14.5. The second-order valence-electron chi connectivity index (χ2n) is 5.77. The number of halogens is 2. The van der Waals surface area contributed by atoms with E-state index in [9.17, 15) is 9.18 Å². The number of hydrogen-bond donors (Lipinski definition) is 2. The van der Waals surface area contributed by atoms with E-state index in [4.69, 9.17) is 0 Å². The Morgan fingerprint density at radius 3 is 2.58 bits per heavy atom. The van der Waals surface area contributed by atoms with Gasteiger partial charge in [-0.25, -0.2) is 4.39 Å². The minimum Gasteiger partial charge on any atom is -0.354 e. The maximum absolute atomic E-state index is 13.5. The van der Waals surface area contributed by atoms with Crippen LogP contribution in [0.5, 0.6) is 0 Å². The summed E-state index contributed by atoms with van der Waals surface area (Å²) in [6.45, 7) is 5.55. The Hall–Kier alpha value is -1.64. The number of guanidine groups is 1. The van der Waals surface area contributed by atoms with Gasteiger partial charge in [0.15, 0.2) is 5.96 Å². The van der Waals surface area contributed by atoms with Gasteiger partial charge in [0.05, 0.1) is 5.56 Å². The van der Waals surface area contributed by atoms with Gasteiger partial charge in [-0.15, -0.1) is 30.6 Å². The first kappa shape index (κ1) is 24.4. The third kappa shape index (κ3) is 9.17. The van der Waals surface area contributed by atoms with Crippen molar-refractivity contribution in [2.45, 2.75) is 25.7 Å². The molecular formula is C19H30FIN4O. The van der Waals surface area contributed by atoms with E-state index in [2.05, 4.69) is 27.1 Å². The Kier molecular flexibility index (Phi) is 13.6. The third-order valence-corrected chi connectivity index (χ3v) is 3.79. The van der Waals surface area contributed by atoms with Gasteiger partial charge in [0, 0.05) is 33.7 Å². The molecule has 0 saturated carbocycles. The topological polar surface area (TPSA) is 56.7 Å².